The van der Waals surface area contributed by atoms with E-state index in [1.165, 1.54) is 48.5 Å². The first kappa shape index (κ1) is 15.8. The van der Waals surface area contributed by atoms with Gasteiger partial charge >= 0.3 is 5.97 Å². The lowest BCUT2D eigenvalue weighted by molar-refractivity contribution is -0.385. The van der Waals surface area contributed by atoms with Crippen molar-refractivity contribution in [1.82, 2.24) is 0 Å². The van der Waals surface area contributed by atoms with Crippen LogP contribution in [0.1, 0.15) is 5.56 Å². The molecular weight excluding hydrogens is 304 g/mol. The van der Waals surface area contributed by atoms with Gasteiger partial charge in [0.15, 0.2) is 0 Å². The summed E-state index contributed by atoms with van der Waals surface area (Å²) in [6.07, 6.45) is 2.32. The Balaban J connectivity index is 2.07. The van der Waals surface area contributed by atoms with Crippen LogP contribution in [0, 0.1) is 20.2 Å². The zero-order valence-corrected chi connectivity index (χ0v) is 11.6. The summed E-state index contributed by atoms with van der Waals surface area (Å²) in [5.41, 5.74) is 0.00490. The number of para-hydroxylation sites is 1. The molecule has 0 N–H and O–H groups in total. The van der Waals surface area contributed by atoms with E-state index < -0.39 is 15.8 Å². The highest BCUT2D eigenvalue weighted by Gasteiger charge is 2.10. The number of nitro benzene ring substituents is 2. The zero-order valence-electron chi connectivity index (χ0n) is 11.6. The average molecular weight is 314 g/mol. The Labute approximate surface area is 129 Å². The molecule has 0 saturated heterocycles. The van der Waals surface area contributed by atoms with Gasteiger partial charge in [-0.3, -0.25) is 20.2 Å². The molecule has 2 rings (SSSR count). The van der Waals surface area contributed by atoms with Gasteiger partial charge in [-0.05, 0) is 24.3 Å². The minimum absolute atomic E-state index is 0.125. The van der Waals surface area contributed by atoms with Crippen LogP contribution < -0.4 is 4.74 Å². The van der Waals surface area contributed by atoms with Crippen LogP contribution in [0.15, 0.2) is 54.6 Å². The van der Waals surface area contributed by atoms with Crippen LogP contribution in [-0.4, -0.2) is 15.8 Å². The van der Waals surface area contributed by atoms with Gasteiger partial charge in [-0.25, -0.2) is 4.79 Å². The summed E-state index contributed by atoms with van der Waals surface area (Å²) in [7, 11) is 0. The van der Waals surface area contributed by atoms with Gasteiger partial charge in [0.25, 0.3) is 11.4 Å². The third kappa shape index (κ3) is 4.21. The van der Waals surface area contributed by atoms with E-state index in [2.05, 4.69) is 0 Å². The minimum atomic E-state index is -0.753. The number of hydrogen-bond donors (Lipinski definition) is 0. The maximum atomic E-state index is 11.7. The van der Waals surface area contributed by atoms with Crippen molar-refractivity contribution in [2.45, 2.75) is 0 Å². The van der Waals surface area contributed by atoms with Crippen molar-refractivity contribution in [3.8, 4) is 5.75 Å². The maximum Gasteiger partial charge on any atom is 0.336 e. The van der Waals surface area contributed by atoms with Gasteiger partial charge in [0, 0.05) is 24.3 Å². The van der Waals surface area contributed by atoms with Crippen LogP contribution in [0.5, 0.6) is 5.75 Å². The van der Waals surface area contributed by atoms with Gasteiger partial charge in [-0.2, -0.15) is 0 Å². The molecule has 0 fully saturated rings. The van der Waals surface area contributed by atoms with Crippen LogP contribution in [0.4, 0.5) is 11.4 Å². The molecule has 116 valence electrons. The lowest BCUT2D eigenvalue weighted by atomic mass is 10.1. The second-order valence-electron chi connectivity index (χ2n) is 4.32. The second kappa shape index (κ2) is 6.94. The summed E-state index contributed by atoms with van der Waals surface area (Å²) >= 11 is 0. The number of ether oxygens (including phenoxy) is 1. The molecule has 0 spiro atoms. The number of non-ortho nitro benzene ring substituents is 1. The molecule has 0 bridgehead atoms. The average Bonchev–Trinajstić information content (AvgIpc) is 2.53. The molecule has 0 aromatic heterocycles. The largest absolute Gasteiger partial charge is 0.423 e. The predicted molar refractivity (Wildman–Crippen MR) is 80.9 cm³/mol. The van der Waals surface area contributed by atoms with Crippen molar-refractivity contribution in [3.05, 3.63) is 80.4 Å². The molecule has 0 aliphatic carbocycles. The summed E-state index contributed by atoms with van der Waals surface area (Å²) in [5.74, 6) is -0.621. The molecule has 0 aliphatic heterocycles. The molecular formula is C15H10N2O6. The van der Waals surface area contributed by atoms with Gasteiger partial charge in [-0.1, -0.05) is 12.1 Å². The third-order valence-corrected chi connectivity index (χ3v) is 2.80. The van der Waals surface area contributed by atoms with Gasteiger partial charge in [0.05, 0.1) is 15.4 Å². The predicted octanol–water partition coefficient (Wildman–Crippen LogP) is 3.12. The highest BCUT2D eigenvalue weighted by atomic mass is 16.6. The number of nitro groups is 2. The Morgan fingerprint density at radius 1 is 0.957 bits per heavy atom. The highest BCUT2D eigenvalue weighted by Crippen LogP contribution is 2.20. The molecule has 0 saturated carbocycles. The first-order valence-electron chi connectivity index (χ1n) is 6.35. The molecule has 0 heterocycles. The number of rotatable bonds is 5. The van der Waals surface area contributed by atoms with Crippen LogP contribution in [-0.2, 0) is 4.79 Å². The Morgan fingerprint density at radius 2 is 1.61 bits per heavy atom. The van der Waals surface area contributed by atoms with E-state index in [0.29, 0.717) is 0 Å². The highest BCUT2D eigenvalue weighted by molar-refractivity contribution is 5.89. The lowest BCUT2D eigenvalue weighted by Gasteiger charge is -2.00. The molecule has 0 aliphatic rings. The van der Waals surface area contributed by atoms with Gasteiger partial charge in [-0.15, -0.1) is 0 Å². The summed E-state index contributed by atoms with van der Waals surface area (Å²) in [5, 5.41) is 21.4. The summed E-state index contributed by atoms with van der Waals surface area (Å²) in [6, 6.07) is 10.9. The molecule has 0 unspecified atom stereocenters. The van der Waals surface area contributed by atoms with Crippen molar-refractivity contribution < 1.29 is 19.4 Å². The van der Waals surface area contributed by atoms with E-state index in [-0.39, 0.29) is 22.7 Å². The van der Waals surface area contributed by atoms with E-state index in [9.17, 15) is 25.0 Å². The van der Waals surface area contributed by atoms with Crippen molar-refractivity contribution in [2.24, 2.45) is 0 Å². The van der Waals surface area contributed by atoms with E-state index in [4.69, 9.17) is 4.74 Å². The van der Waals surface area contributed by atoms with Crippen LogP contribution >= 0.6 is 0 Å². The number of esters is 1. The van der Waals surface area contributed by atoms with Crippen LogP contribution in [0.2, 0.25) is 0 Å². The standard InChI is InChI=1S/C15H10N2O6/c18-15(23-13-8-6-12(7-9-13)16(19)20)10-5-11-3-1-2-4-14(11)17(21)22/h1-10H/b10-5+. The number of carbonyl (C=O) groups is 1. The topological polar surface area (TPSA) is 113 Å². The number of benzene rings is 2. The molecule has 8 heteroatoms. The summed E-state index contributed by atoms with van der Waals surface area (Å²) in [4.78, 5) is 31.9. The molecule has 0 radical (unpaired) electrons. The second-order valence-corrected chi connectivity index (χ2v) is 4.32. The van der Waals surface area contributed by atoms with Crippen molar-refractivity contribution in [3.63, 3.8) is 0 Å². The molecule has 0 atom stereocenters. The SMILES string of the molecule is O=C(/C=C/c1ccccc1[N+](=O)[O-])Oc1ccc([N+](=O)[O-])cc1. The fraction of sp³-hybridized carbons (Fsp3) is 0. The first-order chi connectivity index (χ1) is 11.0. The van der Waals surface area contributed by atoms with Gasteiger partial charge in [0.1, 0.15) is 5.75 Å². The van der Waals surface area contributed by atoms with Gasteiger partial charge in [0.2, 0.25) is 0 Å². The Hall–Kier alpha value is -3.55. The monoisotopic (exact) mass is 314 g/mol. The van der Waals surface area contributed by atoms with Crippen molar-refractivity contribution in [1.29, 1.82) is 0 Å². The quantitative estimate of drug-likeness (QED) is 0.275. The number of hydrogen-bond acceptors (Lipinski definition) is 6. The molecule has 2 aromatic carbocycles. The Kier molecular flexibility index (Phi) is 4.78. The summed E-state index contributed by atoms with van der Waals surface area (Å²) in [6.45, 7) is 0. The van der Waals surface area contributed by atoms with Gasteiger partial charge < -0.3 is 4.74 Å². The molecule has 8 nitrogen and oxygen atoms in total. The normalized spacial score (nSPS) is 10.4. The van der Waals surface area contributed by atoms with Crippen molar-refractivity contribution >= 4 is 23.4 Å². The van der Waals surface area contributed by atoms with Crippen LogP contribution in [0.3, 0.4) is 0 Å². The van der Waals surface area contributed by atoms with E-state index in [1.54, 1.807) is 6.07 Å². The molecule has 0 amide bonds. The smallest absolute Gasteiger partial charge is 0.336 e. The first-order valence-corrected chi connectivity index (χ1v) is 6.35. The molecule has 23 heavy (non-hydrogen) atoms. The van der Waals surface area contributed by atoms with E-state index in [1.807, 2.05) is 0 Å². The third-order valence-electron chi connectivity index (χ3n) is 2.80. The fourth-order valence-electron chi connectivity index (χ4n) is 1.74. The van der Waals surface area contributed by atoms with Crippen LogP contribution in [0.25, 0.3) is 6.08 Å². The lowest BCUT2D eigenvalue weighted by Crippen LogP contribution is -2.03. The minimum Gasteiger partial charge on any atom is -0.423 e. The van der Waals surface area contributed by atoms with E-state index in [0.717, 1.165) is 6.08 Å². The maximum absolute atomic E-state index is 11.7. The van der Waals surface area contributed by atoms with Crippen molar-refractivity contribution in [2.75, 3.05) is 0 Å². The summed E-state index contributed by atoms with van der Waals surface area (Å²) < 4.78 is 4.95. The number of nitrogens with zero attached hydrogens (tertiary/aromatic N) is 2. The molecule has 2 aromatic rings. The fourth-order valence-corrected chi connectivity index (χ4v) is 1.74. The Morgan fingerprint density at radius 3 is 2.22 bits per heavy atom. The number of carbonyl (C=O) groups excluding carboxylic acids is 1. The van der Waals surface area contributed by atoms with E-state index >= 15 is 0 Å². The zero-order chi connectivity index (χ0) is 16.8. The Bertz CT molecular complexity index is 783.